The lowest BCUT2D eigenvalue weighted by Crippen LogP contribution is -1.91. The molecule has 7 heteroatoms. The van der Waals surface area contributed by atoms with Crippen LogP contribution in [0.3, 0.4) is 0 Å². The lowest BCUT2D eigenvalue weighted by molar-refractivity contribution is 0.462. The number of hydrogen-bond donors (Lipinski definition) is 1. The molecule has 1 aromatic carbocycles. The van der Waals surface area contributed by atoms with Crippen LogP contribution in [0.1, 0.15) is 11.3 Å². The number of benzene rings is 1. The summed E-state index contributed by atoms with van der Waals surface area (Å²) in [6.45, 7) is 1.95. The fraction of sp³-hybridized carbons (Fsp3) is 0.0625. The number of rotatable bonds is 5. The van der Waals surface area contributed by atoms with Gasteiger partial charge in [-0.05, 0) is 46.6 Å². The van der Waals surface area contributed by atoms with E-state index >= 15 is 0 Å². The molecule has 116 valence electrons. The second kappa shape index (κ2) is 7.34. The van der Waals surface area contributed by atoms with Gasteiger partial charge in [0.15, 0.2) is 0 Å². The van der Waals surface area contributed by atoms with Gasteiger partial charge in [0.2, 0.25) is 11.0 Å². The average molecular weight is 389 g/mol. The number of halogens is 1. The average Bonchev–Trinajstić information content (AvgIpc) is 2.96. The molecule has 0 unspecified atom stereocenters. The van der Waals surface area contributed by atoms with Crippen molar-refractivity contribution in [2.24, 2.45) is 5.10 Å². The highest BCUT2D eigenvalue weighted by Gasteiger charge is 2.00. The maximum Gasteiger partial charge on any atom is 0.219 e. The third-order valence-corrected chi connectivity index (χ3v) is 4.11. The van der Waals surface area contributed by atoms with E-state index < -0.39 is 0 Å². The third-order valence-electron chi connectivity index (χ3n) is 2.77. The summed E-state index contributed by atoms with van der Waals surface area (Å²) in [7, 11) is 0. The van der Waals surface area contributed by atoms with E-state index in [-0.39, 0.29) is 0 Å². The molecule has 0 saturated heterocycles. The van der Waals surface area contributed by atoms with Crippen molar-refractivity contribution in [2.75, 3.05) is 5.43 Å². The quantitative estimate of drug-likeness (QED) is 0.501. The number of aryl methyl sites for hydroxylation is 1. The summed E-state index contributed by atoms with van der Waals surface area (Å²) < 4.78 is 6.63. The Bertz CT molecular complexity index is 817. The lowest BCUT2D eigenvalue weighted by Gasteiger charge is -2.05. The van der Waals surface area contributed by atoms with Crippen molar-refractivity contribution >= 4 is 38.6 Å². The number of nitrogens with zero attached hydrogens (tertiary/aromatic N) is 3. The first-order valence-corrected chi connectivity index (χ1v) is 8.47. The van der Waals surface area contributed by atoms with Crippen LogP contribution in [-0.2, 0) is 0 Å². The molecule has 0 spiro atoms. The number of anilines is 1. The zero-order valence-electron chi connectivity index (χ0n) is 12.2. The maximum atomic E-state index is 5.72. The summed E-state index contributed by atoms with van der Waals surface area (Å²) in [4.78, 5) is 8.46. The molecule has 0 amide bonds. The predicted octanol–water partition coefficient (Wildman–Crippen LogP) is 4.85. The largest absolute Gasteiger partial charge is 0.439 e. The van der Waals surface area contributed by atoms with Crippen LogP contribution in [-0.4, -0.2) is 16.2 Å². The Balaban J connectivity index is 1.65. The minimum absolute atomic E-state index is 0.540. The van der Waals surface area contributed by atoms with Gasteiger partial charge in [0.25, 0.3) is 0 Å². The number of nitrogens with one attached hydrogen (secondary N) is 1. The van der Waals surface area contributed by atoms with Crippen LogP contribution >= 0.6 is 27.3 Å². The fourth-order valence-corrected chi connectivity index (χ4v) is 2.64. The number of thiazole rings is 1. The molecule has 5 nitrogen and oxygen atoms in total. The minimum atomic E-state index is 0.540. The van der Waals surface area contributed by atoms with Crippen molar-refractivity contribution in [1.29, 1.82) is 0 Å². The lowest BCUT2D eigenvalue weighted by atomic mass is 10.2. The highest BCUT2D eigenvalue weighted by atomic mass is 79.9. The van der Waals surface area contributed by atoms with E-state index in [1.165, 1.54) is 11.3 Å². The molecular formula is C16H13BrN4OS. The van der Waals surface area contributed by atoms with Gasteiger partial charge in [0.1, 0.15) is 5.75 Å². The van der Waals surface area contributed by atoms with Gasteiger partial charge >= 0.3 is 0 Å². The first-order chi connectivity index (χ1) is 11.2. The molecule has 23 heavy (non-hydrogen) atoms. The molecule has 0 aliphatic carbocycles. The van der Waals surface area contributed by atoms with E-state index in [9.17, 15) is 0 Å². The molecule has 0 radical (unpaired) electrons. The van der Waals surface area contributed by atoms with Crippen molar-refractivity contribution in [3.8, 4) is 11.6 Å². The maximum absolute atomic E-state index is 5.72. The molecule has 3 rings (SSSR count). The summed E-state index contributed by atoms with van der Waals surface area (Å²) in [5.74, 6) is 1.24. The van der Waals surface area contributed by atoms with Gasteiger partial charge in [-0.25, -0.2) is 9.97 Å². The van der Waals surface area contributed by atoms with Crippen LogP contribution in [0, 0.1) is 6.92 Å². The van der Waals surface area contributed by atoms with Crippen molar-refractivity contribution in [3.63, 3.8) is 0 Å². The number of ether oxygens (including phenoxy) is 1. The van der Waals surface area contributed by atoms with Gasteiger partial charge in [0.05, 0.1) is 11.9 Å². The molecular weight excluding hydrogens is 376 g/mol. The van der Waals surface area contributed by atoms with E-state index in [1.54, 1.807) is 18.5 Å². The monoisotopic (exact) mass is 388 g/mol. The van der Waals surface area contributed by atoms with Crippen LogP contribution in [0.5, 0.6) is 11.6 Å². The number of hydrogen-bond acceptors (Lipinski definition) is 6. The number of aromatic nitrogens is 2. The SMILES string of the molecule is Cc1csc(NN=Cc2cccc(Oc3ccc(Br)cn3)c2)n1. The van der Waals surface area contributed by atoms with Crippen LogP contribution in [0.4, 0.5) is 5.13 Å². The molecule has 0 aliphatic heterocycles. The molecule has 0 atom stereocenters. The fourth-order valence-electron chi connectivity index (χ4n) is 1.77. The molecule has 0 bridgehead atoms. The first-order valence-electron chi connectivity index (χ1n) is 6.80. The molecule has 2 aromatic heterocycles. The van der Waals surface area contributed by atoms with Gasteiger partial charge < -0.3 is 4.74 Å². The van der Waals surface area contributed by atoms with Gasteiger partial charge in [-0.1, -0.05) is 12.1 Å². The van der Waals surface area contributed by atoms with Crippen molar-refractivity contribution < 1.29 is 4.74 Å². The Morgan fingerprint density at radius 2 is 2.22 bits per heavy atom. The van der Waals surface area contributed by atoms with Crippen LogP contribution in [0.15, 0.2) is 57.5 Å². The van der Waals surface area contributed by atoms with Crippen LogP contribution in [0.25, 0.3) is 0 Å². The predicted molar refractivity (Wildman–Crippen MR) is 96.5 cm³/mol. The van der Waals surface area contributed by atoms with Crippen molar-refractivity contribution in [3.05, 3.63) is 63.7 Å². The first kappa shape index (κ1) is 15.6. The summed E-state index contributed by atoms with van der Waals surface area (Å²) in [6, 6.07) is 11.3. The molecule has 0 fully saturated rings. The zero-order chi connectivity index (χ0) is 16.1. The van der Waals surface area contributed by atoms with Gasteiger partial charge in [0, 0.05) is 22.1 Å². The standard InChI is InChI=1S/C16H13BrN4OS/c1-11-10-23-16(20-11)21-19-8-12-3-2-4-14(7-12)22-15-6-5-13(17)9-18-15/h2-10H,1H3,(H,20,21). The molecule has 1 N–H and O–H groups in total. The molecule has 3 aromatic rings. The van der Waals surface area contributed by atoms with Gasteiger partial charge in [-0.15, -0.1) is 11.3 Å². The van der Waals surface area contributed by atoms with Crippen LogP contribution in [0.2, 0.25) is 0 Å². The Kier molecular flexibility index (Phi) is 4.99. The van der Waals surface area contributed by atoms with E-state index in [1.807, 2.05) is 42.6 Å². The Hall–Kier alpha value is -2.25. The Labute approximate surface area is 146 Å². The molecule has 0 aliphatic rings. The molecule has 0 saturated carbocycles. The normalized spacial score (nSPS) is 10.9. The highest BCUT2D eigenvalue weighted by molar-refractivity contribution is 9.10. The number of pyridine rings is 1. The Morgan fingerprint density at radius 3 is 2.96 bits per heavy atom. The smallest absolute Gasteiger partial charge is 0.219 e. The van der Waals surface area contributed by atoms with Gasteiger partial charge in [-0.2, -0.15) is 5.10 Å². The van der Waals surface area contributed by atoms with Crippen molar-refractivity contribution in [1.82, 2.24) is 9.97 Å². The highest BCUT2D eigenvalue weighted by Crippen LogP contribution is 2.21. The minimum Gasteiger partial charge on any atom is -0.439 e. The van der Waals surface area contributed by atoms with E-state index in [0.717, 1.165) is 20.9 Å². The summed E-state index contributed by atoms with van der Waals surface area (Å²) in [5.41, 5.74) is 4.80. The van der Waals surface area contributed by atoms with Gasteiger partial charge in [-0.3, -0.25) is 5.43 Å². The van der Waals surface area contributed by atoms with Crippen molar-refractivity contribution in [2.45, 2.75) is 6.92 Å². The van der Waals surface area contributed by atoms with Crippen LogP contribution < -0.4 is 10.2 Å². The second-order valence-corrected chi connectivity index (χ2v) is 6.43. The number of hydrazone groups is 1. The summed E-state index contributed by atoms with van der Waals surface area (Å²) in [6.07, 6.45) is 3.42. The van der Waals surface area contributed by atoms with E-state index in [0.29, 0.717) is 11.6 Å². The second-order valence-electron chi connectivity index (χ2n) is 4.65. The summed E-state index contributed by atoms with van der Waals surface area (Å²) >= 11 is 4.86. The van der Waals surface area contributed by atoms with E-state index in [2.05, 4.69) is 36.4 Å². The zero-order valence-corrected chi connectivity index (χ0v) is 14.6. The summed E-state index contributed by atoms with van der Waals surface area (Å²) in [5, 5.41) is 6.92. The third kappa shape index (κ3) is 4.61. The Morgan fingerprint density at radius 1 is 1.30 bits per heavy atom. The molecule has 2 heterocycles. The van der Waals surface area contributed by atoms with E-state index in [4.69, 9.17) is 4.74 Å². The topological polar surface area (TPSA) is 59.4 Å².